The summed E-state index contributed by atoms with van der Waals surface area (Å²) in [6.45, 7) is 8.71. The van der Waals surface area contributed by atoms with E-state index in [-0.39, 0.29) is 13.0 Å². The van der Waals surface area contributed by atoms with Crippen LogP contribution in [-0.4, -0.2) is 62.6 Å². The van der Waals surface area contributed by atoms with Crippen molar-refractivity contribution in [2.24, 2.45) is 0 Å². The molecule has 0 saturated carbocycles. The number of rotatable bonds is 8. The lowest BCUT2D eigenvalue weighted by atomic mass is 9.98. The van der Waals surface area contributed by atoms with Crippen molar-refractivity contribution in [3.8, 4) is 17.3 Å². The molecule has 12 heteroatoms. The Kier molecular flexibility index (Phi) is 8.24. The van der Waals surface area contributed by atoms with E-state index in [0.717, 1.165) is 18.1 Å². The Hall–Kier alpha value is -3.30. The molecule has 0 radical (unpaired) electrons. The lowest BCUT2D eigenvalue weighted by molar-refractivity contribution is -0.164. The Labute approximate surface area is 204 Å². The lowest BCUT2D eigenvalue weighted by Gasteiger charge is -2.29. The molecule has 188 valence electrons. The number of esters is 2. The summed E-state index contributed by atoms with van der Waals surface area (Å²) in [6, 6.07) is 4.45. The van der Waals surface area contributed by atoms with E-state index in [4.69, 9.17) is 14.2 Å². The molecule has 1 saturated heterocycles. The third kappa shape index (κ3) is 5.86. The molecular formula is C23H31N5O6Si. The van der Waals surface area contributed by atoms with Crippen molar-refractivity contribution in [2.75, 3.05) is 6.61 Å². The van der Waals surface area contributed by atoms with E-state index >= 15 is 0 Å². The molecule has 0 N–H and O–H groups in total. The SMILES string of the molecule is CC[Si](C#C[C@]1(COC(C)=O)O[C@@H](n2ccc(-n3cncn3)nc2=O)C[C@@H]1OC(C)=O)(CC)CC. The van der Waals surface area contributed by atoms with Gasteiger partial charge in [0.25, 0.3) is 0 Å². The Morgan fingerprint density at radius 2 is 1.94 bits per heavy atom. The first-order valence-corrected chi connectivity index (χ1v) is 14.3. The highest BCUT2D eigenvalue weighted by Crippen LogP contribution is 2.39. The highest BCUT2D eigenvalue weighted by atomic mass is 28.3. The molecule has 11 nitrogen and oxygen atoms in total. The second-order valence-electron chi connectivity index (χ2n) is 8.48. The van der Waals surface area contributed by atoms with Crippen LogP contribution in [0.3, 0.4) is 0 Å². The average Bonchev–Trinajstić information content (AvgIpc) is 3.48. The van der Waals surface area contributed by atoms with Gasteiger partial charge in [-0.05, 0) is 24.2 Å². The molecule has 3 atom stereocenters. The van der Waals surface area contributed by atoms with Crippen molar-refractivity contribution in [1.29, 1.82) is 0 Å². The van der Waals surface area contributed by atoms with E-state index in [0.29, 0.717) is 5.82 Å². The predicted octanol–water partition coefficient (Wildman–Crippen LogP) is 2.03. The van der Waals surface area contributed by atoms with Crippen LogP contribution in [0, 0.1) is 11.5 Å². The zero-order chi connectivity index (χ0) is 25.6. The van der Waals surface area contributed by atoms with Gasteiger partial charge in [0.2, 0.25) is 5.60 Å². The molecule has 2 aromatic heterocycles. The third-order valence-electron chi connectivity index (χ3n) is 6.43. The molecule has 35 heavy (non-hydrogen) atoms. The van der Waals surface area contributed by atoms with E-state index in [1.165, 1.54) is 41.9 Å². The van der Waals surface area contributed by atoms with Crippen LogP contribution < -0.4 is 5.69 Å². The van der Waals surface area contributed by atoms with E-state index in [2.05, 4.69) is 47.3 Å². The van der Waals surface area contributed by atoms with Crippen LogP contribution in [0.15, 0.2) is 29.7 Å². The normalized spacial score (nSPS) is 21.7. The van der Waals surface area contributed by atoms with E-state index in [1.54, 1.807) is 6.07 Å². The smallest absolute Gasteiger partial charge is 0.351 e. The molecule has 1 aliphatic rings. The summed E-state index contributed by atoms with van der Waals surface area (Å²) in [5.41, 5.74) is 1.47. The number of carbonyl (C=O) groups excluding carboxylic acids is 2. The summed E-state index contributed by atoms with van der Waals surface area (Å²) in [7, 11) is -1.93. The quantitative estimate of drug-likeness (QED) is 0.303. The first-order chi connectivity index (χ1) is 16.7. The minimum Gasteiger partial charge on any atom is -0.462 e. The Bertz CT molecular complexity index is 1160. The first kappa shape index (κ1) is 26.3. The van der Waals surface area contributed by atoms with Crippen LogP contribution >= 0.6 is 0 Å². The average molecular weight is 502 g/mol. The van der Waals surface area contributed by atoms with Crippen molar-refractivity contribution < 1.29 is 23.8 Å². The molecule has 2 aromatic rings. The monoisotopic (exact) mass is 501 g/mol. The highest BCUT2D eigenvalue weighted by Gasteiger charge is 2.52. The van der Waals surface area contributed by atoms with Crippen LogP contribution in [0.5, 0.6) is 0 Å². The van der Waals surface area contributed by atoms with Crippen LogP contribution in [0.2, 0.25) is 18.1 Å². The van der Waals surface area contributed by atoms with Gasteiger partial charge in [0, 0.05) is 26.5 Å². The first-order valence-electron chi connectivity index (χ1n) is 11.6. The second-order valence-corrected chi connectivity index (χ2v) is 13.4. The summed E-state index contributed by atoms with van der Waals surface area (Å²) < 4.78 is 19.9. The maximum Gasteiger partial charge on any atom is 0.351 e. The van der Waals surface area contributed by atoms with Crippen molar-refractivity contribution in [3.63, 3.8) is 0 Å². The number of ether oxygens (including phenoxy) is 3. The van der Waals surface area contributed by atoms with Gasteiger partial charge in [0.1, 0.15) is 39.7 Å². The largest absolute Gasteiger partial charge is 0.462 e. The van der Waals surface area contributed by atoms with Gasteiger partial charge in [-0.2, -0.15) is 10.1 Å². The molecule has 0 bridgehead atoms. The molecule has 1 aliphatic heterocycles. The molecule has 0 aromatic carbocycles. The van der Waals surface area contributed by atoms with Crippen LogP contribution in [-0.2, 0) is 23.8 Å². The van der Waals surface area contributed by atoms with Crippen molar-refractivity contribution in [3.05, 3.63) is 35.4 Å². The Balaban J connectivity index is 2.04. The topological polar surface area (TPSA) is 127 Å². The molecular weight excluding hydrogens is 470 g/mol. The molecule has 0 amide bonds. The molecule has 3 heterocycles. The van der Waals surface area contributed by atoms with E-state index in [9.17, 15) is 14.4 Å². The second kappa shape index (κ2) is 11.0. The number of carbonyl (C=O) groups is 2. The maximum absolute atomic E-state index is 12.9. The molecule has 0 spiro atoms. The van der Waals surface area contributed by atoms with Crippen LogP contribution in [0.25, 0.3) is 5.82 Å². The summed E-state index contributed by atoms with van der Waals surface area (Å²) in [5.74, 6) is 2.49. The Morgan fingerprint density at radius 3 is 2.49 bits per heavy atom. The van der Waals surface area contributed by atoms with Crippen molar-refractivity contribution in [2.45, 2.75) is 77.1 Å². The minimum atomic E-state index is -1.93. The number of aromatic nitrogens is 5. The van der Waals surface area contributed by atoms with Gasteiger partial charge < -0.3 is 14.2 Å². The van der Waals surface area contributed by atoms with Gasteiger partial charge in [-0.1, -0.05) is 26.7 Å². The molecule has 0 aliphatic carbocycles. The number of hydrogen-bond donors (Lipinski definition) is 0. The fourth-order valence-electron chi connectivity index (χ4n) is 4.07. The zero-order valence-electron chi connectivity index (χ0n) is 20.7. The van der Waals surface area contributed by atoms with E-state index < -0.39 is 43.6 Å². The van der Waals surface area contributed by atoms with Gasteiger partial charge >= 0.3 is 17.6 Å². The van der Waals surface area contributed by atoms with Gasteiger partial charge in [-0.15, -0.1) is 5.54 Å². The number of hydrogen-bond acceptors (Lipinski definition) is 9. The minimum absolute atomic E-state index is 0.138. The van der Waals surface area contributed by atoms with Crippen molar-refractivity contribution in [1.82, 2.24) is 24.3 Å². The fourth-order valence-corrected chi connectivity index (χ4v) is 6.57. The van der Waals surface area contributed by atoms with E-state index in [1.807, 2.05) is 0 Å². The van der Waals surface area contributed by atoms with Crippen LogP contribution in [0.4, 0.5) is 0 Å². The number of nitrogens with zero attached hydrogens (tertiary/aromatic N) is 5. The van der Waals surface area contributed by atoms with Crippen molar-refractivity contribution >= 4 is 20.0 Å². The highest BCUT2D eigenvalue weighted by molar-refractivity contribution is 6.87. The molecule has 1 fully saturated rings. The maximum atomic E-state index is 12.9. The summed E-state index contributed by atoms with van der Waals surface area (Å²) >= 11 is 0. The fraction of sp³-hybridized carbons (Fsp3) is 0.565. The third-order valence-corrected chi connectivity index (χ3v) is 11.1. The zero-order valence-corrected chi connectivity index (χ0v) is 21.7. The predicted molar refractivity (Wildman–Crippen MR) is 128 cm³/mol. The van der Waals surface area contributed by atoms with Gasteiger partial charge in [0.05, 0.1) is 0 Å². The van der Waals surface area contributed by atoms with Crippen LogP contribution in [0.1, 0.15) is 47.3 Å². The van der Waals surface area contributed by atoms with Gasteiger partial charge in [-0.25, -0.2) is 14.5 Å². The Morgan fingerprint density at radius 1 is 1.23 bits per heavy atom. The summed E-state index contributed by atoms with van der Waals surface area (Å²) in [4.78, 5) is 44.4. The van der Waals surface area contributed by atoms with Gasteiger partial charge in [0.15, 0.2) is 5.82 Å². The summed E-state index contributed by atoms with van der Waals surface area (Å²) in [6.07, 6.45) is 2.75. The lowest BCUT2D eigenvalue weighted by Crippen LogP contribution is -2.46. The standard InChI is InChI=1S/C23H31N5O6Si/c1-6-35(7-2,8-3)12-10-23(14-32-17(4)29)19(33-18(5)30)13-21(34-23)27-11-9-20(26-22(27)31)28-16-24-15-25-28/h9,11,15-16,19,21H,6-8,13-14H2,1-5H3/t19-,21+,23+/m0/s1. The molecule has 3 rings (SSSR count). The van der Waals surface area contributed by atoms with Gasteiger partial charge in [-0.3, -0.25) is 14.2 Å². The summed E-state index contributed by atoms with van der Waals surface area (Å²) in [5, 5.41) is 3.98. The molecule has 0 unspecified atom stereocenters.